The summed E-state index contributed by atoms with van der Waals surface area (Å²) in [5.41, 5.74) is 2.15. The van der Waals surface area contributed by atoms with Crippen molar-refractivity contribution in [3.63, 3.8) is 0 Å². The lowest BCUT2D eigenvalue weighted by molar-refractivity contribution is -0.0158. The first-order valence-electron chi connectivity index (χ1n) is 12.0. The van der Waals surface area contributed by atoms with Gasteiger partial charge in [-0.3, -0.25) is 14.4 Å². The number of aromatic nitrogens is 6. The Bertz CT molecular complexity index is 1510. The molecule has 2 aliphatic rings. The molecule has 2 fully saturated rings. The maximum Gasteiger partial charge on any atom is 0.257 e. The van der Waals surface area contributed by atoms with Gasteiger partial charge in [-0.25, -0.2) is 19.3 Å². The van der Waals surface area contributed by atoms with Crippen LogP contribution in [0.15, 0.2) is 43.2 Å². The van der Waals surface area contributed by atoms with Crippen molar-refractivity contribution < 1.29 is 9.18 Å². The molecule has 4 aromatic rings. The summed E-state index contributed by atoms with van der Waals surface area (Å²) < 4.78 is 15.5. The molecule has 0 aromatic carbocycles. The number of aromatic amines is 1. The van der Waals surface area contributed by atoms with Crippen LogP contribution in [0.1, 0.15) is 29.6 Å². The summed E-state index contributed by atoms with van der Waals surface area (Å²) in [7, 11) is 0. The lowest BCUT2D eigenvalue weighted by atomic mass is 9.70. The van der Waals surface area contributed by atoms with Gasteiger partial charge in [0.15, 0.2) is 0 Å². The fraction of sp³-hybridized carbons (Fsp3) is 0.360. The van der Waals surface area contributed by atoms with Gasteiger partial charge in [0.05, 0.1) is 41.7 Å². The highest BCUT2D eigenvalue weighted by molar-refractivity contribution is 6.32. The molecule has 0 spiro atoms. The molecule has 0 radical (unpaired) electrons. The van der Waals surface area contributed by atoms with E-state index in [2.05, 4.69) is 36.0 Å². The predicted octanol–water partition coefficient (Wildman–Crippen LogP) is 3.24. The van der Waals surface area contributed by atoms with Gasteiger partial charge in [0.1, 0.15) is 22.9 Å². The monoisotopic (exact) mass is 519 g/mol. The first-order chi connectivity index (χ1) is 18.0. The Morgan fingerprint density at radius 3 is 2.81 bits per heavy atom. The molecule has 1 aliphatic heterocycles. The second-order valence-corrected chi connectivity index (χ2v) is 9.94. The summed E-state index contributed by atoms with van der Waals surface area (Å²) in [4.78, 5) is 32.4. The van der Waals surface area contributed by atoms with Crippen LogP contribution < -0.4 is 0 Å². The van der Waals surface area contributed by atoms with Crippen LogP contribution in [0.3, 0.4) is 0 Å². The summed E-state index contributed by atoms with van der Waals surface area (Å²) in [6, 6.07) is 5.70. The Hall–Kier alpha value is -3.88. The van der Waals surface area contributed by atoms with Gasteiger partial charge in [-0.05, 0) is 25.0 Å². The van der Waals surface area contributed by atoms with E-state index in [-0.39, 0.29) is 28.2 Å². The van der Waals surface area contributed by atoms with Gasteiger partial charge in [-0.2, -0.15) is 10.4 Å². The summed E-state index contributed by atoms with van der Waals surface area (Å²) in [6.07, 6.45) is 10.1. The number of nitrogens with zero attached hydrogens (tertiary/aromatic N) is 8. The molecule has 37 heavy (non-hydrogen) atoms. The summed E-state index contributed by atoms with van der Waals surface area (Å²) in [5.74, 6) is -0.900. The number of nitrogens with one attached hydrogen (secondary N) is 1. The Morgan fingerprint density at radius 2 is 2.03 bits per heavy atom. The van der Waals surface area contributed by atoms with Crippen LogP contribution in [-0.2, 0) is 5.54 Å². The van der Waals surface area contributed by atoms with Crippen LogP contribution >= 0.6 is 11.6 Å². The number of carbonyl (C=O) groups excluding carboxylic acids is 1. The molecule has 188 valence electrons. The first kappa shape index (κ1) is 23.5. The smallest absolute Gasteiger partial charge is 0.257 e. The van der Waals surface area contributed by atoms with Gasteiger partial charge >= 0.3 is 0 Å². The molecule has 0 atom stereocenters. The van der Waals surface area contributed by atoms with Gasteiger partial charge < -0.3 is 9.88 Å². The average Bonchev–Trinajstić information content (AvgIpc) is 3.57. The molecule has 10 nitrogen and oxygen atoms in total. The largest absolute Gasteiger partial charge is 0.346 e. The van der Waals surface area contributed by atoms with Crippen molar-refractivity contribution in [1.29, 1.82) is 5.26 Å². The van der Waals surface area contributed by atoms with Crippen molar-refractivity contribution in [3.8, 4) is 17.3 Å². The zero-order valence-corrected chi connectivity index (χ0v) is 20.6. The number of fused-ring (bicyclic) bond motifs is 1. The lowest BCUT2D eigenvalue weighted by Crippen LogP contribution is -2.60. The molecule has 0 bridgehead atoms. The second-order valence-electron chi connectivity index (χ2n) is 9.58. The van der Waals surface area contributed by atoms with Gasteiger partial charge in [-0.15, -0.1) is 0 Å². The van der Waals surface area contributed by atoms with Crippen molar-refractivity contribution in [3.05, 3.63) is 59.8 Å². The van der Waals surface area contributed by atoms with Crippen LogP contribution in [0.2, 0.25) is 5.15 Å². The van der Waals surface area contributed by atoms with Crippen molar-refractivity contribution in [2.75, 3.05) is 26.2 Å². The minimum atomic E-state index is -0.589. The van der Waals surface area contributed by atoms with E-state index in [1.165, 1.54) is 6.33 Å². The van der Waals surface area contributed by atoms with Crippen molar-refractivity contribution in [2.24, 2.45) is 0 Å². The average molecular weight is 520 g/mol. The van der Waals surface area contributed by atoms with E-state index in [9.17, 15) is 14.4 Å². The van der Waals surface area contributed by atoms with E-state index in [1.54, 1.807) is 11.1 Å². The Balaban J connectivity index is 1.13. The number of rotatable bonds is 5. The summed E-state index contributed by atoms with van der Waals surface area (Å²) in [6.45, 7) is 2.41. The predicted molar refractivity (Wildman–Crippen MR) is 133 cm³/mol. The van der Waals surface area contributed by atoms with E-state index in [0.717, 1.165) is 47.4 Å². The topological polar surface area (TPSA) is 120 Å². The minimum Gasteiger partial charge on any atom is -0.346 e. The zero-order valence-electron chi connectivity index (χ0n) is 19.8. The molecular weight excluding hydrogens is 497 g/mol. The Kier molecular flexibility index (Phi) is 5.85. The van der Waals surface area contributed by atoms with Gasteiger partial charge in [0.2, 0.25) is 0 Å². The van der Waals surface area contributed by atoms with E-state index < -0.39 is 5.82 Å². The molecule has 12 heteroatoms. The van der Waals surface area contributed by atoms with Crippen molar-refractivity contribution in [1.82, 2.24) is 39.5 Å². The highest BCUT2D eigenvalue weighted by Crippen LogP contribution is 2.45. The minimum absolute atomic E-state index is 0.00640. The fourth-order valence-electron chi connectivity index (χ4n) is 5.48. The second kappa shape index (κ2) is 9.21. The third kappa shape index (κ3) is 4.12. The van der Waals surface area contributed by atoms with Gasteiger partial charge in [0, 0.05) is 55.6 Å². The van der Waals surface area contributed by atoms with E-state index in [1.807, 2.05) is 23.1 Å². The molecule has 1 amide bonds. The number of piperazine rings is 1. The van der Waals surface area contributed by atoms with Crippen LogP contribution in [0, 0.1) is 17.1 Å². The van der Waals surface area contributed by atoms with Crippen LogP contribution in [0.4, 0.5) is 4.39 Å². The lowest BCUT2D eigenvalue weighted by Gasteiger charge is -2.52. The fourth-order valence-corrected chi connectivity index (χ4v) is 5.66. The van der Waals surface area contributed by atoms with Crippen LogP contribution in [-0.4, -0.2) is 77.6 Å². The summed E-state index contributed by atoms with van der Waals surface area (Å²) in [5, 5.41) is 15.2. The van der Waals surface area contributed by atoms with Crippen LogP contribution in [0.25, 0.3) is 22.3 Å². The molecule has 6 rings (SSSR count). The van der Waals surface area contributed by atoms with E-state index in [0.29, 0.717) is 32.6 Å². The molecule has 1 aliphatic carbocycles. The molecule has 4 aromatic heterocycles. The van der Waals surface area contributed by atoms with Gasteiger partial charge in [0.25, 0.3) is 5.91 Å². The number of H-pyrrole nitrogens is 1. The number of halogens is 2. The van der Waals surface area contributed by atoms with Crippen LogP contribution in [0.5, 0.6) is 0 Å². The SMILES string of the molecule is N#CC[C@]1(n2cc(-c3ncnc4[nH]ccc34)cn2)C[C@@H](N2CCN(C(=O)c3cc(F)cnc3Cl)CC2)C1. The van der Waals surface area contributed by atoms with Crippen molar-refractivity contribution in [2.45, 2.75) is 30.8 Å². The molecule has 0 unspecified atom stereocenters. The Morgan fingerprint density at radius 1 is 1.22 bits per heavy atom. The summed E-state index contributed by atoms with van der Waals surface area (Å²) >= 11 is 6.03. The third-order valence-electron chi connectivity index (χ3n) is 7.49. The number of carbonyl (C=O) groups is 1. The number of hydrogen-bond acceptors (Lipinski definition) is 7. The molecule has 1 saturated carbocycles. The van der Waals surface area contributed by atoms with E-state index in [4.69, 9.17) is 11.6 Å². The highest BCUT2D eigenvalue weighted by atomic mass is 35.5. The zero-order chi connectivity index (χ0) is 25.6. The third-order valence-corrected chi connectivity index (χ3v) is 7.79. The molecule has 1 saturated heterocycles. The number of nitriles is 1. The highest BCUT2D eigenvalue weighted by Gasteiger charge is 2.49. The number of hydrogen-bond donors (Lipinski definition) is 1. The maximum atomic E-state index is 13.6. The number of amides is 1. The Labute approximate surface area is 216 Å². The number of pyridine rings is 1. The normalized spacial score (nSPS) is 22.1. The molecule has 5 heterocycles. The standard InChI is InChI=1S/C25H23ClFN9O/c26-22-20(9-17(27)13-30-22)24(37)35-7-5-34(6-8-35)18-10-25(11-18,2-3-28)36-14-16(12-33-36)21-19-1-4-29-23(19)32-15-31-21/h1,4,9,12-15,18H,2,5-8,10-11H2,(H,29,31,32)/t18-,25+. The van der Waals surface area contributed by atoms with Gasteiger partial charge in [-0.1, -0.05) is 11.6 Å². The quantitative estimate of drug-likeness (QED) is 0.402. The first-order valence-corrected chi connectivity index (χ1v) is 12.4. The molecular formula is C25H23ClFN9O. The molecule has 1 N–H and O–H groups in total. The van der Waals surface area contributed by atoms with Crippen molar-refractivity contribution >= 4 is 28.5 Å². The maximum absolute atomic E-state index is 13.6. The van der Waals surface area contributed by atoms with E-state index >= 15 is 0 Å².